The van der Waals surface area contributed by atoms with Gasteiger partial charge in [0.05, 0.1) is 20.8 Å². The predicted molar refractivity (Wildman–Crippen MR) is 139 cm³/mol. The van der Waals surface area contributed by atoms with E-state index in [-0.39, 0.29) is 5.75 Å². The SMILES string of the molecule is Oc1ccc(CNc2ncc3cc(-c4c(Cl)cccc4Cl)n(C[C@@H]4CCCNC4)c3n2)cc1Cl. The third-order valence-corrected chi connectivity index (χ3v) is 7.09. The third kappa shape index (κ3) is 4.82. The molecule has 5 rings (SSSR count). The van der Waals surface area contributed by atoms with Gasteiger partial charge in [-0.3, -0.25) is 0 Å². The molecule has 1 saturated heterocycles. The summed E-state index contributed by atoms with van der Waals surface area (Å²) in [6.07, 6.45) is 4.13. The number of nitrogens with one attached hydrogen (secondary N) is 2. The van der Waals surface area contributed by atoms with E-state index in [9.17, 15) is 5.11 Å². The van der Waals surface area contributed by atoms with Gasteiger partial charge in [-0.1, -0.05) is 46.9 Å². The Bertz CT molecular complexity index is 1310. The second kappa shape index (κ2) is 10.0. The van der Waals surface area contributed by atoms with Crippen molar-refractivity contribution < 1.29 is 5.11 Å². The second-order valence-corrected chi connectivity index (χ2v) is 9.78. The number of aromatic nitrogens is 3. The zero-order valence-corrected chi connectivity index (χ0v) is 20.6. The highest BCUT2D eigenvalue weighted by Gasteiger charge is 2.21. The summed E-state index contributed by atoms with van der Waals surface area (Å²) in [5.74, 6) is 1.05. The van der Waals surface area contributed by atoms with E-state index in [1.54, 1.807) is 12.1 Å². The minimum Gasteiger partial charge on any atom is -0.506 e. The fourth-order valence-electron chi connectivity index (χ4n) is 4.44. The number of hydrogen-bond donors (Lipinski definition) is 3. The zero-order valence-electron chi connectivity index (χ0n) is 18.4. The molecule has 34 heavy (non-hydrogen) atoms. The summed E-state index contributed by atoms with van der Waals surface area (Å²) in [5.41, 5.74) is 3.49. The monoisotopic (exact) mass is 515 g/mol. The lowest BCUT2D eigenvalue weighted by molar-refractivity contribution is 0.341. The molecule has 3 heterocycles. The van der Waals surface area contributed by atoms with Crippen LogP contribution in [0.5, 0.6) is 5.75 Å². The van der Waals surface area contributed by atoms with Gasteiger partial charge in [0.1, 0.15) is 11.4 Å². The Labute approximate surface area is 212 Å². The highest BCUT2D eigenvalue weighted by Crippen LogP contribution is 2.38. The summed E-state index contributed by atoms with van der Waals surface area (Å²) in [5, 5.41) is 18.9. The van der Waals surface area contributed by atoms with Crippen LogP contribution in [0.3, 0.4) is 0 Å². The first-order chi connectivity index (χ1) is 16.5. The molecule has 1 aliphatic heterocycles. The molecule has 2 aromatic heterocycles. The van der Waals surface area contributed by atoms with Crippen molar-refractivity contribution in [3.05, 3.63) is 69.3 Å². The summed E-state index contributed by atoms with van der Waals surface area (Å²) < 4.78 is 2.21. The fraction of sp³-hybridized carbons (Fsp3) is 0.280. The van der Waals surface area contributed by atoms with Crippen molar-refractivity contribution in [2.45, 2.75) is 25.9 Å². The Kier molecular flexibility index (Phi) is 6.84. The molecule has 0 amide bonds. The van der Waals surface area contributed by atoms with Gasteiger partial charge in [0.15, 0.2) is 0 Å². The summed E-state index contributed by atoms with van der Waals surface area (Å²) in [6, 6.07) is 12.7. The van der Waals surface area contributed by atoms with E-state index in [1.165, 1.54) is 0 Å². The number of benzene rings is 2. The van der Waals surface area contributed by atoms with Crippen LogP contribution in [0.4, 0.5) is 5.95 Å². The lowest BCUT2D eigenvalue weighted by Gasteiger charge is -2.24. The average molecular weight is 517 g/mol. The largest absolute Gasteiger partial charge is 0.506 e. The van der Waals surface area contributed by atoms with Gasteiger partial charge in [-0.15, -0.1) is 0 Å². The molecule has 4 aromatic rings. The van der Waals surface area contributed by atoms with E-state index in [0.717, 1.165) is 60.3 Å². The van der Waals surface area contributed by atoms with Crippen LogP contribution in [0.15, 0.2) is 48.7 Å². The zero-order chi connectivity index (χ0) is 23.7. The molecule has 0 unspecified atom stereocenters. The molecular formula is C25H24Cl3N5O. The highest BCUT2D eigenvalue weighted by atomic mass is 35.5. The molecule has 0 bridgehead atoms. The van der Waals surface area contributed by atoms with E-state index >= 15 is 0 Å². The van der Waals surface area contributed by atoms with Crippen molar-refractivity contribution in [2.24, 2.45) is 5.92 Å². The quantitative estimate of drug-likeness (QED) is 0.277. The molecular weight excluding hydrogens is 493 g/mol. The standard InChI is InChI=1S/C25H24Cl3N5O/c26-18-4-1-5-19(27)23(18)21-10-17-13-31-25(30-12-15-6-7-22(34)20(28)9-15)32-24(17)33(21)14-16-3-2-8-29-11-16/h1,4-7,9-10,13,16,29,34H,2-3,8,11-12,14H2,(H,30,31,32)/t16-/m1/s1. The van der Waals surface area contributed by atoms with Gasteiger partial charge in [0.2, 0.25) is 5.95 Å². The van der Waals surface area contributed by atoms with Gasteiger partial charge in [0, 0.05) is 30.2 Å². The van der Waals surface area contributed by atoms with E-state index in [1.807, 2.05) is 30.5 Å². The summed E-state index contributed by atoms with van der Waals surface area (Å²) in [4.78, 5) is 9.36. The average Bonchev–Trinajstić information content (AvgIpc) is 3.17. The first kappa shape index (κ1) is 23.2. The Morgan fingerprint density at radius 3 is 2.65 bits per heavy atom. The van der Waals surface area contributed by atoms with E-state index in [0.29, 0.717) is 33.5 Å². The summed E-state index contributed by atoms with van der Waals surface area (Å²) >= 11 is 19.2. The van der Waals surface area contributed by atoms with Crippen LogP contribution >= 0.6 is 34.8 Å². The molecule has 0 radical (unpaired) electrons. The molecule has 0 aliphatic carbocycles. The van der Waals surface area contributed by atoms with Crippen molar-refractivity contribution in [3.63, 3.8) is 0 Å². The smallest absolute Gasteiger partial charge is 0.224 e. The Morgan fingerprint density at radius 2 is 1.91 bits per heavy atom. The maximum atomic E-state index is 9.64. The number of anilines is 1. The summed E-state index contributed by atoms with van der Waals surface area (Å²) in [6.45, 7) is 3.30. The molecule has 0 spiro atoms. The number of fused-ring (bicyclic) bond motifs is 1. The fourth-order valence-corrected chi connectivity index (χ4v) is 5.23. The molecule has 3 N–H and O–H groups in total. The normalized spacial score (nSPS) is 16.1. The van der Waals surface area contributed by atoms with Crippen LogP contribution in [0.25, 0.3) is 22.3 Å². The van der Waals surface area contributed by atoms with Gasteiger partial charge in [-0.05, 0) is 67.7 Å². The van der Waals surface area contributed by atoms with Crippen molar-refractivity contribution >= 4 is 51.8 Å². The van der Waals surface area contributed by atoms with Crippen molar-refractivity contribution in [1.29, 1.82) is 0 Å². The van der Waals surface area contributed by atoms with Crippen LogP contribution < -0.4 is 10.6 Å². The topological polar surface area (TPSA) is 75.0 Å². The van der Waals surface area contributed by atoms with Gasteiger partial charge < -0.3 is 20.3 Å². The van der Waals surface area contributed by atoms with Gasteiger partial charge in [0.25, 0.3) is 0 Å². The number of piperidine rings is 1. The van der Waals surface area contributed by atoms with Crippen LogP contribution in [-0.4, -0.2) is 32.7 Å². The molecule has 9 heteroatoms. The molecule has 176 valence electrons. The van der Waals surface area contributed by atoms with E-state index in [2.05, 4.69) is 26.3 Å². The molecule has 0 saturated carbocycles. The lowest BCUT2D eigenvalue weighted by atomic mass is 9.99. The number of halogens is 3. The minimum atomic E-state index is 0.0591. The third-order valence-electron chi connectivity index (χ3n) is 6.16. The first-order valence-corrected chi connectivity index (χ1v) is 12.4. The Morgan fingerprint density at radius 1 is 1.09 bits per heavy atom. The number of rotatable bonds is 6. The molecule has 1 aliphatic rings. The number of aromatic hydroxyl groups is 1. The number of nitrogens with zero attached hydrogens (tertiary/aromatic N) is 3. The van der Waals surface area contributed by atoms with Crippen LogP contribution in [0.1, 0.15) is 18.4 Å². The van der Waals surface area contributed by atoms with Crippen molar-refractivity contribution in [3.8, 4) is 17.0 Å². The second-order valence-electron chi connectivity index (χ2n) is 8.56. The van der Waals surface area contributed by atoms with Crippen LogP contribution in [0, 0.1) is 5.92 Å². The Balaban J connectivity index is 1.52. The molecule has 2 aromatic carbocycles. The molecule has 6 nitrogen and oxygen atoms in total. The number of hydrogen-bond acceptors (Lipinski definition) is 5. The number of phenols is 1. The van der Waals surface area contributed by atoms with Crippen molar-refractivity contribution in [2.75, 3.05) is 18.4 Å². The number of phenolic OH excluding ortho intramolecular Hbond substituents is 1. The first-order valence-electron chi connectivity index (χ1n) is 11.2. The van der Waals surface area contributed by atoms with Gasteiger partial charge in [-0.25, -0.2) is 4.98 Å². The van der Waals surface area contributed by atoms with Crippen LogP contribution in [-0.2, 0) is 13.1 Å². The van der Waals surface area contributed by atoms with E-state index < -0.39 is 0 Å². The highest BCUT2D eigenvalue weighted by molar-refractivity contribution is 6.39. The van der Waals surface area contributed by atoms with Gasteiger partial charge in [-0.2, -0.15) is 4.98 Å². The predicted octanol–water partition coefficient (Wildman–Crippen LogP) is 6.38. The molecule has 1 atom stereocenters. The lowest BCUT2D eigenvalue weighted by Crippen LogP contribution is -2.32. The van der Waals surface area contributed by atoms with Crippen molar-refractivity contribution in [1.82, 2.24) is 19.9 Å². The minimum absolute atomic E-state index is 0.0591. The maximum absolute atomic E-state index is 9.64. The summed E-state index contributed by atoms with van der Waals surface area (Å²) in [7, 11) is 0. The van der Waals surface area contributed by atoms with Gasteiger partial charge >= 0.3 is 0 Å². The van der Waals surface area contributed by atoms with E-state index in [4.69, 9.17) is 39.8 Å². The van der Waals surface area contributed by atoms with Crippen LogP contribution in [0.2, 0.25) is 15.1 Å². The molecule has 1 fully saturated rings. The maximum Gasteiger partial charge on any atom is 0.224 e. The Hall–Kier alpha value is -2.51.